The van der Waals surface area contributed by atoms with Gasteiger partial charge in [-0.2, -0.15) is 0 Å². The Hall–Kier alpha value is -3.74. The molecule has 9 heteroatoms. The highest BCUT2D eigenvalue weighted by Crippen LogP contribution is 2.38. The van der Waals surface area contributed by atoms with Crippen LogP contribution in [-0.4, -0.2) is 72.5 Å². The highest BCUT2D eigenvalue weighted by Gasteiger charge is 2.42. The number of hydrogen-bond donors (Lipinski definition) is 1. The topological polar surface area (TPSA) is 92.5 Å². The summed E-state index contributed by atoms with van der Waals surface area (Å²) in [6, 6.07) is 13.4. The molecule has 3 amide bonds. The van der Waals surface area contributed by atoms with E-state index in [1.54, 1.807) is 4.90 Å². The Morgan fingerprint density at radius 1 is 1.02 bits per heavy atom. The first-order chi connectivity index (χ1) is 21.0. The molecule has 1 N–H and O–H groups in total. The first-order valence-electron chi connectivity index (χ1n) is 15.7. The predicted octanol–water partition coefficient (Wildman–Crippen LogP) is 4.24. The molecule has 2 atom stereocenters. The van der Waals surface area contributed by atoms with Gasteiger partial charge in [0, 0.05) is 56.4 Å². The Kier molecular flexibility index (Phi) is 8.78. The van der Waals surface area contributed by atoms with Crippen LogP contribution in [0, 0.1) is 6.57 Å². The van der Waals surface area contributed by atoms with Crippen molar-refractivity contribution in [1.29, 1.82) is 0 Å². The van der Waals surface area contributed by atoms with Gasteiger partial charge in [0.1, 0.15) is 17.9 Å². The number of aryl methyl sites for hydroxylation is 1. The molecule has 0 aliphatic carbocycles. The number of fused-ring (bicyclic) bond motifs is 1. The summed E-state index contributed by atoms with van der Waals surface area (Å²) in [5.74, 6) is 0.0851. The second kappa shape index (κ2) is 12.9. The smallest absolute Gasteiger partial charge is 0.260 e. The monoisotopic (exact) mass is 584 g/mol. The Morgan fingerprint density at radius 2 is 1.84 bits per heavy atom. The maximum atomic E-state index is 13.1. The first kappa shape index (κ1) is 29.3. The third kappa shape index (κ3) is 6.31. The van der Waals surface area contributed by atoms with Gasteiger partial charge in [0.05, 0.1) is 13.2 Å². The van der Waals surface area contributed by atoms with Gasteiger partial charge < -0.3 is 24.1 Å². The first-order valence-corrected chi connectivity index (χ1v) is 15.7. The summed E-state index contributed by atoms with van der Waals surface area (Å²) in [7, 11) is 0. The van der Waals surface area contributed by atoms with E-state index in [-0.39, 0.29) is 30.2 Å². The number of likely N-dealkylation sites (tertiary alicyclic amines) is 1. The summed E-state index contributed by atoms with van der Waals surface area (Å²) in [6.07, 6.45) is 7.47. The van der Waals surface area contributed by atoms with Crippen LogP contribution < -0.4 is 10.1 Å². The van der Waals surface area contributed by atoms with Crippen molar-refractivity contribution in [2.75, 3.05) is 32.8 Å². The number of hydrogen-bond acceptors (Lipinski definition) is 6. The molecule has 6 rings (SSSR count). The number of benzene rings is 2. The lowest BCUT2D eigenvalue weighted by atomic mass is 9.81. The molecule has 0 aromatic heterocycles. The Balaban J connectivity index is 0.948. The van der Waals surface area contributed by atoms with Crippen LogP contribution in [0.2, 0.25) is 0 Å². The summed E-state index contributed by atoms with van der Waals surface area (Å²) in [6.45, 7) is 12.7. The number of nitrogens with one attached hydrogen (secondary N) is 1. The van der Waals surface area contributed by atoms with E-state index >= 15 is 0 Å². The predicted molar refractivity (Wildman–Crippen MR) is 160 cm³/mol. The molecule has 2 aromatic carbocycles. The standard InChI is InChI=1S/C34H40N4O5/c1-35-34(25-9-11-26(12-10-25)43-27-15-21-42-23-27)16-19-37(20-17-34)18-4-2-3-6-24-7-5-8-28-29(24)22-38(33(28)41)30-13-14-31(39)36-32(30)40/h5,7-12,27,30H,2-4,6,13-23H2,(H,36,39,40)/t27-,30?/m0/s1. The molecule has 0 bridgehead atoms. The summed E-state index contributed by atoms with van der Waals surface area (Å²) in [5.41, 5.74) is 3.51. The van der Waals surface area contributed by atoms with E-state index in [2.05, 4.69) is 33.3 Å². The number of piperidine rings is 2. The van der Waals surface area contributed by atoms with E-state index < -0.39 is 11.6 Å². The lowest BCUT2D eigenvalue weighted by Crippen LogP contribution is -2.52. The van der Waals surface area contributed by atoms with Crippen LogP contribution >= 0.6 is 0 Å². The molecule has 0 spiro atoms. The molecule has 9 nitrogen and oxygen atoms in total. The number of carbonyl (C=O) groups is 3. The van der Waals surface area contributed by atoms with Crippen molar-refractivity contribution in [2.24, 2.45) is 0 Å². The van der Waals surface area contributed by atoms with Gasteiger partial charge in [-0.1, -0.05) is 18.6 Å². The zero-order valence-electron chi connectivity index (χ0n) is 24.7. The molecule has 3 fully saturated rings. The fourth-order valence-corrected chi connectivity index (χ4v) is 6.97. The molecule has 226 valence electrons. The Morgan fingerprint density at radius 3 is 2.56 bits per heavy atom. The average Bonchev–Trinajstić information content (AvgIpc) is 3.66. The number of ether oxygens (including phenoxy) is 2. The van der Waals surface area contributed by atoms with Crippen LogP contribution in [-0.2, 0) is 32.8 Å². The minimum Gasteiger partial charge on any atom is -0.488 e. The summed E-state index contributed by atoms with van der Waals surface area (Å²) in [4.78, 5) is 45.3. The average molecular weight is 585 g/mol. The maximum absolute atomic E-state index is 13.1. The Labute approximate surface area is 253 Å². The van der Waals surface area contributed by atoms with Gasteiger partial charge in [0.15, 0.2) is 0 Å². The number of nitrogens with zero attached hydrogens (tertiary/aromatic N) is 3. The van der Waals surface area contributed by atoms with Crippen LogP contribution in [0.1, 0.15) is 78.4 Å². The van der Waals surface area contributed by atoms with Crippen molar-refractivity contribution in [3.63, 3.8) is 0 Å². The highest BCUT2D eigenvalue weighted by molar-refractivity contribution is 6.05. The van der Waals surface area contributed by atoms with E-state index in [0.29, 0.717) is 25.1 Å². The maximum Gasteiger partial charge on any atom is 0.260 e. The molecule has 4 aliphatic rings. The summed E-state index contributed by atoms with van der Waals surface area (Å²) in [5, 5.41) is 2.37. The molecule has 0 saturated carbocycles. The van der Waals surface area contributed by atoms with Gasteiger partial charge >= 0.3 is 0 Å². The largest absolute Gasteiger partial charge is 0.488 e. The molecule has 0 radical (unpaired) electrons. The number of carbonyl (C=O) groups excluding carboxylic acids is 3. The second-order valence-electron chi connectivity index (χ2n) is 12.3. The molecular formula is C34H40N4O5. The van der Waals surface area contributed by atoms with Crippen molar-refractivity contribution in [3.8, 4) is 5.75 Å². The van der Waals surface area contributed by atoms with Gasteiger partial charge in [0.25, 0.3) is 11.4 Å². The summed E-state index contributed by atoms with van der Waals surface area (Å²) >= 11 is 0. The second-order valence-corrected chi connectivity index (χ2v) is 12.3. The van der Waals surface area contributed by atoms with Crippen molar-refractivity contribution in [1.82, 2.24) is 15.1 Å². The van der Waals surface area contributed by atoms with Gasteiger partial charge in [-0.3, -0.25) is 19.7 Å². The third-order valence-corrected chi connectivity index (χ3v) is 9.58. The van der Waals surface area contributed by atoms with Crippen LogP contribution in [0.3, 0.4) is 0 Å². The van der Waals surface area contributed by atoms with Gasteiger partial charge in [-0.05, 0) is 73.7 Å². The third-order valence-electron chi connectivity index (χ3n) is 9.58. The highest BCUT2D eigenvalue weighted by atomic mass is 16.5. The number of unbranched alkanes of at least 4 members (excludes halogenated alkanes) is 2. The number of imide groups is 1. The normalized spacial score (nSPS) is 23.6. The molecule has 3 saturated heterocycles. The quantitative estimate of drug-likeness (QED) is 0.255. The van der Waals surface area contributed by atoms with Gasteiger partial charge in [-0.15, -0.1) is 0 Å². The lowest BCUT2D eigenvalue weighted by Gasteiger charge is -2.34. The molecule has 43 heavy (non-hydrogen) atoms. The zero-order chi connectivity index (χ0) is 29.8. The minimum atomic E-state index is -0.581. The van der Waals surface area contributed by atoms with Crippen LogP contribution in [0.4, 0.5) is 0 Å². The fraction of sp³-hybridized carbons (Fsp3) is 0.529. The van der Waals surface area contributed by atoms with Crippen LogP contribution in [0.5, 0.6) is 5.75 Å². The fourth-order valence-electron chi connectivity index (χ4n) is 6.97. The Bertz CT molecular complexity index is 1390. The number of rotatable bonds is 10. The molecule has 1 unspecified atom stereocenters. The molecular weight excluding hydrogens is 544 g/mol. The van der Waals surface area contributed by atoms with Crippen molar-refractivity contribution < 1.29 is 23.9 Å². The van der Waals surface area contributed by atoms with Crippen LogP contribution in [0.15, 0.2) is 42.5 Å². The molecule has 2 aromatic rings. The van der Waals surface area contributed by atoms with Gasteiger partial charge in [0.2, 0.25) is 11.8 Å². The zero-order valence-corrected chi connectivity index (χ0v) is 24.7. The van der Waals surface area contributed by atoms with Crippen LogP contribution in [0.25, 0.3) is 4.85 Å². The van der Waals surface area contributed by atoms with E-state index in [0.717, 1.165) is 88.1 Å². The summed E-state index contributed by atoms with van der Waals surface area (Å²) < 4.78 is 11.4. The van der Waals surface area contributed by atoms with Gasteiger partial charge in [-0.25, -0.2) is 6.57 Å². The minimum absolute atomic E-state index is 0.115. The van der Waals surface area contributed by atoms with E-state index in [9.17, 15) is 14.4 Å². The van der Waals surface area contributed by atoms with Crippen molar-refractivity contribution in [3.05, 3.63) is 76.1 Å². The van der Waals surface area contributed by atoms with E-state index in [1.165, 1.54) is 5.56 Å². The lowest BCUT2D eigenvalue weighted by molar-refractivity contribution is -0.136. The van der Waals surface area contributed by atoms with Crippen molar-refractivity contribution in [2.45, 2.75) is 82.0 Å². The molecule has 4 aliphatic heterocycles. The van der Waals surface area contributed by atoms with Crippen molar-refractivity contribution >= 4 is 17.7 Å². The SMILES string of the molecule is [C-]#[N+]C1(c2ccc(O[C@H]3CCOC3)cc2)CCN(CCCCCc2cccc3c2CN(C2CCC(=O)NC2=O)C3=O)CC1. The number of amides is 3. The molecule has 4 heterocycles. The van der Waals surface area contributed by atoms with E-state index in [1.807, 2.05) is 24.3 Å². The van der Waals surface area contributed by atoms with E-state index in [4.69, 9.17) is 16.0 Å².